The van der Waals surface area contributed by atoms with E-state index in [-0.39, 0.29) is 55.1 Å². The highest BCUT2D eigenvalue weighted by Gasteiger charge is 2.22. The number of fused-ring (bicyclic) bond motifs is 1. The summed E-state index contributed by atoms with van der Waals surface area (Å²) in [5, 5.41) is 17.6. The van der Waals surface area contributed by atoms with Crippen molar-refractivity contribution in [3.8, 4) is 5.75 Å². The zero-order valence-corrected chi connectivity index (χ0v) is 25.6. The first kappa shape index (κ1) is 34.4. The van der Waals surface area contributed by atoms with Gasteiger partial charge in [-0.2, -0.15) is 0 Å². The molecule has 3 aromatic carbocycles. The van der Waals surface area contributed by atoms with E-state index in [1.54, 1.807) is 29.3 Å². The summed E-state index contributed by atoms with van der Waals surface area (Å²) >= 11 is 0. The Hall–Kier alpha value is -3.85. The third-order valence-corrected chi connectivity index (χ3v) is 7.05. The van der Waals surface area contributed by atoms with Crippen molar-refractivity contribution in [2.75, 3.05) is 18.0 Å². The summed E-state index contributed by atoms with van der Waals surface area (Å²) in [7, 11) is 0. The Morgan fingerprint density at radius 2 is 1.64 bits per heavy atom. The van der Waals surface area contributed by atoms with Gasteiger partial charge in [0, 0.05) is 43.4 Å². The van der Waals surface area contributed by atoms with E-state index in [1.165, 1.54) is 0 Å². The van der Waals surface area contributed by atoms with Crippen LogP contribution in [0.25, 0.3) is 10.8 Å². The molecule has 0 bridgehead atoms. The van der Waals surface area contributed by atoms with Crippen molar-refractivity contribution in [1.82, 2.24) is 9.88 Å². The molecule has 222 valence electrons. The summed E-state index contributed by atoms with van der Waals surface area (Å²) in [5.74, 6) is 1.18. The fourth-order valence-electron chi connectivity index (χ4n) is 4.86. The second-order valence-electron chi connectivity index (χ2n) is 9.80. The van der Waals surface area contributed by atoms with E-state index in [9.17, 15) is 4.79 Å². The van der Waals surface area contributed by atoms with Crippen molar-refractivity contribution in [1.29, 1.82) is 10.8 Å². The molecule has 1 aliphatic rings. The van der Waals surface area contributed by atoms with E-state index in [0.29, 0.717) is 23.6 Å². The number of carbonyl (C=O) groups is 1. The van der Waals surface area contributed by atoms with Crippen molar-refractivity contribution >= 4 is 71.3 Å². The highest BCUT2D eigenvalue weighted by atomic mass is 35.5. The molecule has 1 saturated heterocycles. The summed E-state index contributed by atoms with van der Waals surface area (Å²) in [6.07, 6.45) is 3.47. The van der Waals surface area contributed by atoms with Crippen molar-refractivity contribution in [2.24, 2.45) is 5.73 Å². The third-order valence-electron chi connectivity index (χ3n) is 7.05. The maximum absolute atomic E-state index is 13.6. The molecule has 1 fully saturated rings. The van der Waals surface area contributed by atoms with Crippen LogP contribution in [0.15, 0.2) is 85.1 Å². The number of benzene rings is 3. The zero-order chi connectivity index (χ0) is 27.4. The Morgan fingerprint density at radius 3 is 2.26 bits per heavy atom. The van der Waals surface area contributed by atoms with Gasteiger partial charge in [-0.3, -0.25) is 20.6 Å². The number of hydrogen-bond acceptors (Lipinski definition) is 5. The van der Waals surface area contributed by atoms with Crippen LogP contribution in [0.1, 0.15) is 41.4 Å². The topological polar surface area (TPSA) is 119 Å². The number of likely N-dealkylation sites (tertiary alicyclic amines) is 1. The summed E-state index contributed by atoms with van der Waals surface area (Å²) in [6.45, 7) is 3.81. The van der Waals surface area contributed by atoms with Crippen LogP contribution in [-0.2, 0) is 6.54 Å². The van der Waals surface area contributed by atoms with Crippen LogP contribution in [0.5, 0.6) is 5.75 Å². The van der Waals surface area contributed by atoms with Crippen molar-refractivity contribution < 1.29 is 9.53 Å². The fourth-order valence-corrected chi connectivity index (χ4v) is 4.86. The van der Waals surface area contributed by atoms with Crippen LogP contribution in [-0.4, -0.2) is 46.7 Å². The number of nitrogen functional groups attached to an aromatic ring is 1. The third kappa shape index (κ3) is 8.12. The largest absolute Gasteiger partial charge is 0.490 e. The van der Waals surface area contributed by atoms with Gasteiger partial charge in [0.1, 0.15) is 23.4 Å². The number of hydrogen-bond donors (Lipinski definition) is 3. The number of nitrogens with zero attached hydrogens (tertiary/aromatic N) is 3. The van der Waals surface area contributed by atoms with Crippen LogP contribution in [0, 0.1) is 10.8 Å². The fraction of sp³-hybridized carbons (Fsp3) is 0.226. The summed E-state index contributed by atoms with van der Waals surface area (Å²) in [6, 6.07) is 24.7. The number of aromatic nitrogens is 1. The molecule has 0 aliphatic carbocycles. The molecule has 8 nitrogen and oxygen atoms in total. The predicted octanol–water partition coefficient (Wildman–Crippen LogP) is 6.47. The van der Waals surface area contributed by atoms with E-state index >= 15 is 0 Å². The van der Waals surface area contributed by atoms with E-state index in [0.717, 1.165) is 53.7 Å². The predicted molar refractivity (Wildman–Crippen MR) is 177 cm³/mol. The molecule has 4 aromatic rings. The van der Waals surface area contributed by atoms with Gasteiger partial charge in [-0.15, -0.1) is 37.2 Å². The number of halogens is 3. The van der Waals surface area contributed by atoms with E-state index in [2.05, 4.69) is 9.88 Å². The first-order valence-electron chi connectivity index (χ1n) is 13.0. The molecule has 5 rings (SSSR count). The Bertz CT molecular complexity index is 1510. The Labute approximate surface area is 264 Å². The number of anilines is 1. The van der Waals surface area contributed by atoms with E-state index in [1.807, 2.05) is 67.6 Å². The minimum atomic E-state index is -0.198. The smallest absolute Gasteiger partial charge is 0.277 e. The standard InChI is InChI=1S/C31H32N6O2.3ClH/c1-21(32)36-16-13-28(14-17-36)39-27-11-9-26(10-12-27)37(31(38)29-4-2-3-15-35-29)20-22-5-6-23-7-8-24(30(33)34)19-25(23)18-22;;;/h2-12,15,18-19,28,32H,13-14,16-17,20H2,1H3,(H3,33,34);3*1H. The average Bonchev–Trinajstić information content (AvgIpc) is 2.96. The number of nitrogens with one attached hydrogen (secondary N) is 2. The molecule has 0 unspecified atom stereocenters. The van der Waals surface area contributed by atoms with Gasteiger partial charge in [0.05, 0.1) is 12.4 Å². The highest BCUT2D eigenvalue weighted by Crippen LogP contribution is 2.27. The maximum Gasteiger partial charge on any atom is 0.277 e. The summed E-state index contributed by atoms with van der Waals surface area (Å²) < 4.78 is 6.22. The first-order chi connectivity index (χ1) is 18.9. The molecular weight excluding hydrogens is 595 g/mol. The lowest BCUT2D eigenvalue weighted by Crippen LogP contribution is -2.40. The zero-order valence-electron chi connectivity index (χ0n) is 23.2. The molecule has 4 N–H and O–H groups in total. The quantitative estimate of drug-likeness (QED) is 0.160. The number of pyridine rings is 1. The number of ether oxygens (including phenoxy) is 1. The molecule has 2 heterocycles. The number of amidine groups is 2. The second kappa shape index (κ2) is 15.4. The number of rotatable bonds is 7. The minimum Gasteiger partial charge on any atom is -0.490 e. The van der Waals surface area contributed by atoms with E-state index < -0.39 is 0 Å². The van der Waals surface area contributed by atoms with Gasteiger partial charge in [-0.05, 0) is 71.8 Å². The number of nitrogens with two attached hydrogens (primary N) is 1. The second-order valence-corrected chi connectivity index (χ2v) is 9.80. The van der Waals surface area contributed by atoms with Crippen LogP contribution in [0.3, 0.4) is 0 Å². The minimum absolute atomic E-state index is 0. The monoisotopic (exact) mass is 628 g/mol. The summed E-state index contributed by atoms with van der Waals surface area (Å²) in [4.78, 5) is 21.7. The van der Waals surface area contributed by atoms with Crippen molar-refractivity contribution in [2.45, 2.75) is 32.4 Å². The van der Waals surface area contributed by atoms with Gasteiger partial charge in [0.2, 0.25) is 0 Å². The Kier molecular flexibility index (Phi) is 12.6. The van der Waals surface area contributed by atoms with Crippen molar-refractivity contribution in [3.63, 3.8) is 0 Å². The highest BCUT2D eigenvalue weighted by molar-refractivity contribution is 6.05. The molecule has 0 saturated carbocycles. The van der Waals surface area contributed by atoms with Gasteiger partial charge in [-0.25, -0.2) is 0 Å². The molecular formula is C31H35Cl3N6O2. The summed E-state index contributed by atoms with van der Waals surface area (Å²) in [5.41, 5.74) is 8.41. The van der Waals surface area contributed by atoms with E-state index in [4.69, 9.17) is 21.3 Å². The molecule has 1 amide bonds. The van der Waals surface area contributed by atoms with Crippen LogP contribution < -0.4 is 15.4 Å². The lowest BCUT2D eigenvalue weighted by Gasteiger charge is -2.32. The number of amides is 1. The molecule has 1 aromatic heterocycles. The lowest BCUT2D eigenvalue weighted by atomic mass is 10.0. The molecule has 0 radical (unpaired) electrons. The first-order valence-corrected chi connectivity index (χ1v) is 13.0. The van der Waals surface area contributed by atoms with Crippen LogP contribution in [0.2, 0.25) is 0 Å². The van der Waals surface area contributed by atoms with Crippen molar-refractivity contribution in [3.05, 3.63) is 102 Å². The van der Waals surface area contributed by atoms with Gasteiger partial charge in [-0.1, -0.05) is 30.3 Å². The van der Waals surface area contributed by atoms with Crippen LogP contribution in [0.4, 0.5) is 5.69 Å². The van der Waals surface area contributed by atoms with Crippen LogP contribution >= 0.6 is 37.2 Å². The SMILES string of the molecule is CC(=N)N1CCC(Oc2ccc(N(Cc3ccc4ccc(C(=N)N)cc4c3)C(=O)c3ccccn3)cc2)CC1.Cl.Cl.Cl. The molecule has 42 heavy (non-hydrogen) atoms. The average molecular weight is 630 g/mol. The van der Waals surface area contributed by atoms with Gasteiger partial charge < -0.3 is 20.3 Å². The normalized spacial score (nSPS) is 12.7. The number of piperidine rings is 1. The maximum atomic E-state index is 13.6. The molecule has 0 atom stereocenters. The van der Waals surface area contributed by atoms with Gasteiger partial charge in [0.15, 0.2) is 0 Å². The molecule has 0 spiro atoms. The number of carbonyl (C=O) groups excluding carboxylic acids is 1. The Morgan fingerprint density at radius 1 is 0.952 bits per heavy atom. The molecule has 11 heteroatoms. The van der Waals surface area contributed by atoms with Gasteiger partial charge >= 0.3 is 0 Å². The van der Waals surface area contributed by atoms with Gasteiger partial charge in [0.25, 0.3) is 5.91 Å². The Balaban J connectivity index is 0.00000205. The lowest BCUT2D eigenvalue weighted by molar-refractivity contribution is 0.0980. The molecule has 1 aliphatic heterocycles.